The van der Waals surface area contributed by atoms with Crippen molar-refractivity contribution < 1.29 is 9.53 Å². The lowest BCUT2D eigenvalue weighted by molar-refractivity contribution is 0.173. The Balaban J connectivity index is 1.66. The molecule has 27 heavy (non-hydrogen) atoms. The number of hydrogen-bond acceptors (Lipinski definition) is 5. The van der Waals surface area contributed by atoms with Crippen LogP contribution in [0.1, 0.15) is 17.5 Å². The van der Waals surface area contributed by atoms with Gasteiger partial charge in [0.2, 0.25) is 0 Å². The number of rotatable bonds is 4. The number of ether oxygens (including phenoxy) is 1. The largest absolute Gasteiger partial charge is 0.452 e. The molecule has 1 aliphatic carbocycles. The Morgan fingerprint density at radius 1 is 1.19 bits per heavy atom. The van der Waals surface area contributed by atoms with Crippen LogP contribution < -0.4 is 10.9 Å². The lowest BCUT2D eigenvalue weighted by Crippen LogP contribution is -2.29. The lowest BCUT2D eigenvalue weighted by atomic mass is 10.0. The van der Waals surface area contributed by atoms with Crippen LogP contribution in [-0.2, 0) is 17.6 Å². The van der Waals surface area contributed by atoms with E-state index >= 15 is 0 Å². The summed E-state index contributed by atoms with van der Waals surface area (Å²) in [4.78, 5) is 16.2. The average Bonchev–Trinajstić information content (AvgIpc) is 3.35. The first kappa shape index (κ1) is 17.8. The minimum Gasteiger partial charge on any atom is -0.452 e. The maximum Gasteiger partial charge on any atom is 0.425 e. The number of hydrogen-bond donors (Lipinski definition) is 2. The van der Waals surface area contributed by atoms with E-state index in [1.807, 2.05) is 35.7 Å². The van der Waals surface area contributed by atoms with Gasteiger partial charge < -0.3 is 4.74 Å². The van der Waals surface area contributed by atoms with E-state index in [4.69, 9.17) is 16.6 Å². The molecule has 1 amide bonds. The van der Waals surface area contributed by atoms with E-state index in [2.05, 4.69) is 21.7 Å². The highest BCUT2D eigenvalue weighted by Crippen LogP contribution is 2.36. The molecule has 4 rings (SSSR count). The highest BCUT2D eigenvalue weighted by atomic mass is 35.5. The molecular formula is C20H18ClN3O2S. The molecule has 138 valence electrons. The molecule has 2 aromatic carbocycles. The molecule has 7 heteroatoms. The van der Waals surface area contributed by atoms with Crippen LogP contribution in [0, 0.1) is 0 Å². The van der Waals surface area contributed by atoms with Crippen LogP contribution in [0.15, 0.2) is 41.8 Å². The molecule has 0 aliphatic heterocycles. The fourth-order valence-electron chi connectivity index (χ4n) is 3.27. The maximum atomic E-state index is 11.4. The zero-order chi connectivity index (χ0) is 18.8. The topological polar surface area (TPSA) is 63.2 Å². The predicted octanol–water partition coefficient (Wildman–Crippen LogP) is 5.30. The Bertz CT molecular complexity index is 985. The van der Waals surface area contributed by atoms with Crippen LogP contribution in [0.5, 0.6) is 0 Å². The second kappa shape index (κ2) is 7.58. The number of halogens is 1. The number of hydrazine groups is 1. The number of carbonyl (C=O) groups is 1. The highest BCUT2D eigenvalue weighted by molar-refractivity contribution is 7.13. The Morgan fingerprint density at radius 3 is 2.78 bits per heavy atom. The van der Waals surface area contributed by atoms with Gasteiger partial charge in [-0.3, -0.25) is 5.43 Å². The number of nitrogens with one attached hydrogen (secondary N) is 2. The number of amides is 1. The molecule has 0 unspecified atom stereocenters. The van der Waals surface area contributed by atoms with Crippen LogP contribution in [0.3, 0.4) is 0 Å². The van der Waals surface area contributed by atoms with E-state index in [1.54, 1.807) is 11.3 Å². The van der Waals surface area contributed by atoms with Gasteiger partial charge in [-0.15, -0.1) is 11.3 Å². The highest BCUT2D eigenvalue weighted by Gasteiger charge is 2.18. The van der Waals surface area contributed by atoms with Gasteiger partial charge in [0.25, 0.3) is 0 Å². The number of nitrogens with zero attached hydrogens (tertiary/aromatic N) is 1. The van der Waals surface area contributed by atoms with Crippen molar-refractivity contribution in [3.05, 3.63) is 57.9 Å². The van der Waals surface area contributed by atoms with Crippen LogP contribution in [0.25, 0.3) is 21.8 Å². The Labute approximate surface area is 166 Å². The van der Waals surface area contributed by atoms with Gasteiger partial charge in [0, 0.05) is 21.5 Å². The molecule has 0 spiro atoms. The first-order valence-corrected chi connectivity index (χ1v) is 9.87. The fraction of sp³-hybridized carbons (Fsp3) is 0.200. The lowest BCUT2D eigenvalue weighted by Gasteiger charge is -2.13. The zero-order valence-electron chi connectivity index (χ0n) is 14.7. The van der Waals surface area contributed by atoms with Crippen molar-refractivity contribution in [2.45, 2.75) is 19.3 Å². The zero-order valence-corrected chi connectivity index (χ0v) is 16.3. The van der Waals surface area contributed by atoms with Gasteiger partial charge in [0.05, 0.1) is 18.5 Å². The van der Waals surface area contributed by atoms with E-state index in [1.165, 1.54) is 18.2 Å². The molecule has 5 nitrogen and oxygen atoms in total. The summed E-state index contributed by atoms with van der Waals surface area (Å²) in [5, 5.41) is 3.70. The summed E-state index contributed by atoms with van der Waals surface area (Å²) in [5.41, 5.74) is 12.0. The standard InChI is InChI=1S/C20H18ClN3O2S/c1-26-20(25)24-23-17-10-14(9-13-3-2-4-16(13)17)19-22-18(11-27-19)12-5-7-15(21)8-6-12/h5-11,23H,2-4H2,1H3,(H,24,25). The molecule has 0 saturated carbocycles. The number of thiazole rings is 1. The molecule has 2 N–H and O–H groups in total. The molecule has 0 saturated heterocycles. The van der Waals surface area contributed by atoms with E-state index in [9.17, 15) is 4.79 Å². The summed E-state index contributed by atoms with van der Waals surface area (Å²) in [6.45, 7) is 0. The SMILES string of the molecule is COC(=O)NNc1cc(-c2nc(-c3ccc(Cl)cc3)cs2)cc2c1CCC2. The first-order valence-electron chi connectivity index (χ1n) is 8.61. The molecule has 1 heterocycles. The van der Waals surface area contributed by atoms with Crippen molar-refractivity contribution in [3.63, 3.8) is 0 Å². The van der Waals surface area contributed by atoms with Gasteiger partial charge in [-0.1, -0.05) is 23.7 Å². The maximum absolute atomic E-state index is 11.4. The summed E-state index contributed by atoms with van der Waals surface area (Å²) < 4.78 is 4.63. The smallest absolute Gasteiger partial charge is 0.425 e. The van der Waals surface area contributed by atoms with Crippen LogP contribution in [-0.4, -0.2) is 18.2 Å². The average molecular weight is 400 g/mol. The van der Waals surface area contributed by atoms with Gasteiger partial charge in [-0.25, -0.2) is 15.2 Å². The van der Waals surface area contributed by atoms with Gasteiger partial charge in [0.15, 0.2) is 0 Å². The van der Waals surface area contributed by atoms with Gasteiger partial charge in [-0.2, -0.15) is 0 Å². The number of carbonyl (C=O) groups excluding carboxylic acids is 1. The van der Waals surface area contributed by atoms with Crippen molar-refractivity contribution in [2.24, 2.45) is 0 Å². The normalized spacial score (nSPS) is 12.5. The number of benzene rings is 2. The number of aryl methyl sites for hydroxylation is 1. The fourth-order valence-corrected chi connectivity index (χ4v) is 4.21. The molecule has 1 aromatic heterocycles. The molecule has 0 bridgehead atoms. The molecule has 0 atom stereocenters. The number of fused-ring (bicyclic) bond motifs is 1. The second-order valence-electron chi connectivity index (χ2n) is 6.30. The van der Waals surface area contributed by atoms with E-state index in [0.717, 1.165) is 46.8 Å². The quantitative estimate of drug-likeness (QED) is 0.584. The molecule has 3 aromatic rings. The van der Waals surface area contributed by atoms with E-state index in [-0.39, 0.29) is 0 Å². The Morgan fingerprint density at radius 2 is 2.00 bits per heavy atom. The van der Waals surface area contributed by atoms with E-state index in [0.29, 0.717) is 5.02 Å². The monoisotopic (exact) mass is 399 g/mol. The summed E-state index contributed by atoms with van der Waals surface area (Å²) in [6.07, 6.45) is 2.62. The van der Waals surface area contributed by atoms with Crippen molar-refractivity contribution >= 4 is 34.7 Å². The van der Waals surface area contributed by atoms with Crippen molar-refractivity contribution in [3.8, 4) is 21.8 Å². The molecular weight excluding hydrogens is 382 g/mol. The number of aromatic nitrogens is 1. The summed E-state index contributed by atoms with van der Waals surface area (Å²) in [5.74, 6) is 0. The first-order chi connectivity index (χ1) is 13.1. The van der Waals surface area contributed by atoms with E-state index < -0.39 is 6.09 Å². The minimum absolute atomic E-state index is 0.522. The summed E-state index contributed by atoms with van der Waals surface area (Å²) in [7, 11) is 1.34. The summed E-state index contributed by atoms with van der Waals surface area (Å²) >= 11 is 7.57. The Kier molecular flexibility index (Phi) is 5.01. The van der Waals surface area contributed by atoms with Gasteiger partial charge in [0.1, 0.15) is 5.01 Å². The predicted molar refractivity (Wildman–Crippen MR) is 109 cm³/mol. The summed E-state index contributed by atoms with van der Waals surface area (Å²) in [6, 6.07) is 11.9. The second-order valence-corrected chi connectivity index (χ2v) is 7.60. The minimum atomic E-state index is -0.522. The van der Waals surface area contributed by atoms with Crippen molar-refractivity contribution in [2.75, 3.05) is 12.5 Å². The van der Waals surface area contributed by atoms with Crippen LogP contribution >= 0.6 is 22.9 Å². The molecule has 0 fully saturated rings. The van der Waals surface area contributed by atoms with Gasteiger partial charge in [-0.05, 0) is 54.7 Å². The Hall–Kier alpha value is -2.57. The third-order valence-corrected chi connectivity index (χ3v) is 5.73. The third-order valence-electron chi connectivity index (χ3n) is 4.59. The van der Waals surface area contributed by atoms with Crippen LogP contribution in [0.2, 0.25) is 5.02 Å². The molecule has 0 radical (unpaired) electrons. The number of anilines is 1. The van der Waals surface area contributed by atoms with Crippen LogP contribution in [0.4, 0.5) is 10.5 Å². The third kappa shape index (κ3) is 3.77. The molecule has 1 aliphatic rings. The van der Waals surface area contributed by atoms with Crippen molar-refractivity contribution in [1.82, 2.24) is 10.4 Å². The van der Waals surface area contributed by atoms with Crippen molar-refractivity contribution in [1.29, 1.82) is 0 Å². The number of methoxy groups -OCH3 is 1. The van der Waals surface area contributed by atoms with Gasteiger partial charge >= 0.3 is 6.09 Å².